The van der Waals surface area contributed by atoms with Crippen LogP contribution in [0.4, 0.5) is 17.1 Å². The van der Waals surface area contributed by atoms with Gasteiger partial charge in [-0.1, -0.05) is 103 Å². The first-order chi connectivity index (χ1) is 20.8. The van der Waals surface area contributed by atoms with Gasteiger partial charge in [0.15, 0.2) is 0 Å². The largest absolute Gasteiger partial charge is 0.456 e. The topological polar surface area (TPSA) is 16.4 Å². The molecular weight excluding hydrogens is 510 g/mol. The normalized spacial score (nSPS) is 11.3. The Hall–Kier alpha value is -5.60. The van der Waals surface area contributed by atoms with Crippen molar-refractivity contribution in [2.45, 2.75) is 0 Å². The van der Waals surface area contributed by atoms with Gasteiger partial charge in [0.1, 0.15) is 11.2 Å². The van der Waals surface area contributed by atoms with E-state index in [1.54, 1.807) is 0 Å². The highest BCUT2D eigenvalue weighted by atomic mass is 16.3. The second-order valence-corrected chi connectivity index (χ2v) is 10.6. The van der Waals surface area contributed by atoms with Crippen LogP contribution in [0.25, 0.3) is 55.0 Å². The van der Waals surface area contributed by atoms with Crippen molar-refractivity contribution < 1.29 is 4.42 Å². The Kier molecular flexibility index (Phi) is 5.82. The smallest absolute Gasteiger partial charge is 0.136 e. The Balaban J connectivity index is 1.18. The second-order valence-electron chi connectivity index (χ2n) is 10.6. The van der Waals surface area contributed by atoms with Crippen molar-refractivity contribution in [1.29, 1.82) is 0 Å². The molecule has 0 unspecified atom stereocenters. The van der Waals surface area contributed by atoms with Gasteiger partial charge in [-0.05, 0) is 93.7 Å². The second kappa shape index (κ2) is 10.1. The molecule has 0 aliphatic carbocycles. The Morgan fingerprint density at radius 1 is 0.333 bits per heavy atom. The predicted molar refractivity (Wildman–Crippen MR) is 177 cm³/mol. The molecule has 2 heteroatoms. The summed E-state index contributed by atoms with van der Waals surface area (Å²) in [5, 5.41) is 4.80. The summed E-state index contributed by atoms with van der Waals surface area (Å²) in [5.41, 5.74) is 9.85. The number of para-hydroxylation sites is 2. The van der Waals surface area contributed by atoms with E-state index < -0.39 is 0 Å². The summed E-state index contributed by atoms with van der Waals surface area (Å²) in [5.74, 6) is 0. The van der Waals surface area contributed by atoms with Crippen LogP contribution in [0.1, 0.15) is 0 Å². The fourth-order valence-electron chi connectivity index (χ4n) is 5.93. The minimum absolute atomic E-state index is 0.911. The molecule has 0 fully saturated rings. The first-order valence-electron chi connectivity index (χ1n) is 14.3. The molecule has 8 aromatic rings. The fraction of sp³-hybridized carbons (Fsp3) is 0. The van der Waals surface area contributed by atoms with E-state index in [1.807, 2.05) is 12.1 Å². The number of rotatable bonds is 5. The third-order valence-corrected chi connectivity index (χ3v) is 8.04. The van der Waals surface area contributed by atoms with Crippen molar-refractivity contribution >= 4 is 49.8 Å². The third-order valence-electron chi connectivity index (χ3n) is 8.04. The van der Waals surface area contributed by atoms with Gasteiger partial charge in [-0.25, -0.2) is 0 Å². The monoisotopic (exact) mass is 537 g/mol. The molecule has 2 nitrogen and oxygen atoms in total. The molecule has 7 aromatic carbocycles. The average molecular weight is 538 g/mol. The van der Waals surface area contributed by atoms with Crippen LogP contribution in [0.3, 0.4) is 0 Å². The molecule has 0 radical (unpaired) electrons. The summed E-state index contributed by atoms with van der Waals surface area (Å²) in [6.45, 7) is 0. The van der Waals surface area contributed by atoms with Crippen LogP contribution in [0.2, 0.25) is 0 Å². The molecule has 0 amide bonds. The lowest BCUT2D eigenvalue weighted by molar-refractivity contribution is 0.669. The molecule has 0 saturated carbocycles. The molecule has 8 rings (SSSR count). The first kappa shape index (κ1) is 24.2. The van der Waals surface area contributed by atoms with E-state index in [1.165, 1.54) is 21.9 Å². The van der Waals surface area contributed by atoms with Crippen LogP contribution in [-0.2, 0) is 0 Å². The molecule has 1 heterocycles. The number of fused-ring (bicyclic) bond motifs is 4. The lowest BCUT2D eigenvalue weighted by atomic mass is 10.00. The van der Waals surface area contributed by atoms with E-state index in [9.17, 15) is 0 Å². The van der Waals surface area contributed by atoms with Gasteiger partial charge in [-0.3, -0.25) is 0 Å². The molecule has 0 bridgehead atoms. The van der Waals surface area contributed by atoms with Gasteiger partial charge in [0.2, 0.25) is 0 Å². The lowest BCUT2D eigenvalue weighted by Gasteiger charge is -2.26. The van der Waals surface area contributed by atoms with Crippen molar-refractivity contribution in [3.63, 3.8) is 0 Å². The van der Waals surface area contributed by atoms with Gasteiger partial charge >= 0.3 is 0 Å². The number of nitrogens with zero attached hydrogens (tertiary/aromatic N) is 1. The van der Waals surface area contributed by atoms with E-state index in [0.717, 1.165) is 50.1 Å². The van der Waals surface area contributed by atoms with Crippen molar-refractivity contribution in [2.75, 3.05) is 4.90 Å². The number of anilines is 3. The molecule has 42 heavy (non-hydrogen) atoms. The maximum atomic E-state index is 6.16. The minimum atomic E-state index is 0.911. The fourth-order valence-corrected chi connectivity index (χ4v) is 5.93. The van der Waals surface area contributed by atoms with Gasteiger partial charge < -0.3 is 9.32 Å². The Morgan fingerprint density at radius 2 is 0.952 bits per heavy atom. The molecular formula is C40H27NO. The van der Waals surface area contributed by atoms with Gasteiger partial charge in [0.25, 0.3) is 0 Å². The van der Waals surface area contributed by atoms with Crippen molar-refractivity contribution in [1.82, 2.24) is 0 Å². The maximum absolute atomic E-state index is 6.16. The van der Waals surface area contributed by atoms with E-state index in [0.29, 0.717) is 0 Å². The Morgan fingerprint density at radius 3 is 1.83 bits per heavy atom. The van der Waals surface area contributed by atoms with Gasteiger partial charge in [0.05, 0.1) is 0 Å². The number of hydrogen-bond acceptors (Lipinski definition) is 2. The van der Waals surface area contributed by atoms with Crippen LogP contribution in [0.15, 0.2) is 168 Å². The standard InChI is InChI=1S/C40H27NO/c1-2-12-34(13-3-1)41(36-14-8-11-31(26-36)32-18-17-28-9-4-5-10-30(28)25-32)35-22-19-29(20-23-35)33-21-24-38-37-15-6-7-16-39(37)42-40(38)27-33/h1-27H. The van der Waals surface area contributed by atoms with Gasteiger partial charge in [-0.15, -0.1) is 0 Å². The zero-order valence-electron chi connectivity index (χ0n) is 22.9. The zero-order chi connectivity index (χ0) is 27.9. The molecule has 1 aromatic heterocycles. The third kappa shape index (κ3) is 4.31. The summed E-state index contributed by atoms with van der Waals surface area (Å²) in [7, 11) is 0. The summed E-state index contributed by atoms with van der Waals surface area (Å²) in [4.78, 5) is 2.32. The van der Waals surface area contributed by atoms with E-state index >= 15 is 0 Å². The summed E-state index contributed by atoms with van der Waals surface area (Å²) < 4.78 is 6.16. The SMILES string of the molecule is c1ccc(N(c2ccc(-c3ccc4c(c3)oc3ccccc34)cc2)c2cccc(-c3ccc4ccccc4c3)c2)cc1. The van der Waals surface area contributed by atoms with Crippen LogP contribution >= 0.6 is 0 Å². The minimum Gasteiger partial charge on any atom is -0.456 e. The van der Waals surface area contributed by atoms with E-state index in [-0.39, 0.29) is 0 Å². The highest BCUT2D eigenvalue weighted by molar-refractivity contribution is 6.05. The first-order valence-corrected chi connectivity index (χ1v) is 14.3. The predicted octanol–water partition coefficient (Wildman–Crippen LogP) is 11.5. The molecule has 0 saturated heterocycles. The van der Waals surface area contributed by atoms with Crippen LogP contribution in [0, 0.1) is 0 Å². The number of benzene rings is 7. The van der Waals surface area contributed by atoms with Gasteiger partial charge in [0, 0.05) is 27.8 Å². The van der Waals surface area contributed by atoms with Crippen molar-refractivity contribution in [2.24, 2.45) is 0 Å². The molecule has 0 aliphatic heterocycles. The average Bonchev–Trinajstić information content (AvgIpc) is 3.44. The van der Waals surface area contributed by atoms with Crippen LogP contribution < -0.4 is 4.90 Å². The number of hydrogen-bond donors (Lipinski definition) is 0. The number of furan rings is 1. The van der Waals surface area contributed by atoms with E-state index in [2.05, 4.69) is 157 Å². The quantitative estimate of drug-likeness (QED) is 0.217. The maximum Gasteiger partial charge on any atom is 0.136 e. The molecule has 0 spiro atoms. The van der Waals surface area contributed by atoms with Gasteiger partial charge in [-0.2, -0.15) is 0 Å². The molecule has 198 valence electrons. The molecule has 0 N–H and O–H groups in total. The van der Waals surface area contributed by atoms with Crippen molar-refractivity contribution in [3.05, 3.63) is 164 Å². The highest BCUT2D eigenvalue weighted by Crippen LogP contribution is 2.38. The van der Waals surface area contributed by atoms with E-state index in [4.69, 9.17) is 4.42 Å². The molecule has 0 atom stereocenters. The lowest BCUT2D eigenvalue weighted by Crippen LogP contribution is -2.09. The summed E-state index contributed by atoms with van der Waals surface area (Å²) in [6, 6.07) is 58.0. The van der Waals surface area contributed by atoms with Crippen molar-refractivity contribution in [3.8, 4) is 22.3 Å². The Bertz CT molecular complexity index is 2190. The van der Waals surface area contributed by atoms with Crippen LogP contribution in [-0.4, -0.2) is 0 Å². The highest BCUT2D eigenvalue weighted by Gasteiger charge is 2.14. The summed E-state index contributed by atoms with van der Waals surface area (Å²) >= 11 is 0. The zero-order valence-corrected chi connectivity index (χ0v) is 22.9. The van der Waals surface area contributed by atoms with Crippen LogP contribution in [0.5, 0.6) is 0 Å². The summed E-state index contributed by atoms with van der Waals surface area (Å²) in [6.07, 6.45) is 0. The molecule has 0 aliphatic rings. The Labute approximate surface area is 244 Å².